The maximum Gasteiger partial charge on any atom is 0.242 e. The van der Waals surface area contributed by atoms with E-state index in [0.717, 1.165) is 6.07 Å². The van der Waals surface area contributed by atoms with Crippen LogP contribution >= 0.6 is 11.6 Å². The van der Waals surface area contributed by atoms with Crippen LogP contribution in [0, 0.1) is 11.6 Å². The summed E-state index contributed by atoms with van der Waals surface area (Å²) in [5.74, 6) is -2.33. The first-order valence-corrected chi connectivity index (χ1v) is 7.49. The molecule has 124 valence electrons. The third-order valence-electron chi connectivity index (χ3n) is 4.27. The van der Waals surface area contributed by atoms with E-state index < -0.39 is 28.9 Å². The highest BCUT2D eigenvalue weighted by atomic mass is 35.5. The van der Waals surface area contributed by atoms with E-state index in [1.54, 1.807) is 6.92 Å². The third-order valence-corrected chi connectivity index (χ3v) is 4.64. The van der Waals surface area contributed by atoms with Crippen molar-refractivity contribution in [2.75, 3.05) is 11.4 Å². The number of carbonyl (C=O) groups is 2. The van der Waals surface area contributed by atoms with Gasteiger partial charge in [-0.15, -0.1) is 0 Å². The molecule has 1 aliphatic heterocycles. The first kappa shape index (κ1) is 16.4. The summed E-state index contributed by atoms with van der Waals surface area (Å²) in [5, 5.41) is -0.209. The molecule has 2 amide bonds. The fourth-order valence-electron chi connectivity index (χ4n) is 3.09. The fraction of sp³-hybridized carbons (Fsp3) is 0.176. The van der Waals surface area contributed by atoms with Crippen LogP contribution in [0.15, 0.2) is 36.4 Å². The summed E-state index contributed by atoms with van der Waals surface area (Å²) < 4.78 is 27.2. The van der Waals surface area contributed by atoms with Crippen LogP contribution in [0.25, 0.3) is 0 Å². The lowest BCUT2D eigenvalue weighted by Gasteiger charge is -2.25. The van der Waals surface area contributed by atoms with Crippen molar-refractivity contribution in [2.24, 2.45) is 5.73 Å². The van der Waals surface area contributed by atoms with E-state index in [4.69, 9.17) is 17.3 Å². The Balaban J connectivity index is 2.28. The summed E-state index contributed by atoms with van der Waals surface area (Å²) in [4.78, 5) is 25.5. The average molecular weight is 351 g/mol. The van der Waals surface area contributed by atoms with Crippen molar-refractivity contribution in [1.82, 2.24) is 0 Å². The Bertz CT molecular complexity index is 854. The monoisotopic (exact) mass is 350 g/mol. The van der Waals surface area contributed by atoms with Crippen LogP contribution in [0.4, 0.5) is 14.5 Å². The van der Waals surface area contributed by atoms with Crippen molar-refractivity contribution in [3.63, 3.8) is 0 Å². The van der Waals surface area contributed by atoms with E-state index in [2.05, 4.69) is 0 Å². The van der Waals surface area contributed by atoms with Crippen LogP contribution < -0.4 is 10.6 Å². The number of benzene rings is 2. The molecule has 1 atom stereocenters. The van der Waals surface area contributed by atoms with E-state index in [-0.39, 0.29) is 17.1 Å². The zero-order valence-electron chi connectivity index (χ0n) is 12.6. The summed E-state index contributed by atoms with van der Waals surface area (Å²) in [7, 11) is 0. The minimum absolute atomic E-state index is 0.209. The van der Waals surface area contributed by atoms with E-state index in [1.807, 2.05) is 0 Å². The van der Waals surface area contributed by atoms with Crippen molar-refractivity contribution in [1.29, 1.82) is 0 Å². The molecule has 2 N–H and O–H groups in total. The summed E-state index contributed by atoms with van der Waals surface area (Å²) in [6.07, 6.45) is 0. The molecule has 1 aliphatic rings. The minimum Gasteiger partial charge on any atom is -0.368 e. The Kier molecular flexibility index (Phi) is 3.80. The Morgan fingerprint density at radius 2 is 1.83 bits per heavy atom. The smallest absolute Gasteiger partial charge is 0.242 e. The maximum absolute atomic E-state index is 14.0. The Hall–Kier alpha value is -2.47. The predicted octanol–water partition coefficient (Wildman–Crippen LogP) is 2.76. The van der Waals surface area contributed by atoms with Crippen LogP contribution in [0.3, 0.4) is 0 Å². The highest BCUT2D eigenvalue weighted by molar-refractivity contribution is 6.33. The summed E-state index contributed by atoms with van der Waals surface area (Å²) in [6.45, 7) is 1.21. The van der Waals surface area contributed by atoms with Gasteiger partial charge >= 0.3 is 0 Å². The van der Waals surface area contributed by atoms with Crippen molar-refractivity contribution in [3.05, 3.63) is 64.2 Å². The largest absolute Gasteiger partial charge is 0.368 e. The number of carbonyl (C=O) groups excluding carboxylic acids is 2. The summed E-state index contributed by atoms with van der Waals surface area (Å²) in [5.41, 5.74) is 4.86. The van der Waals surface area contributed by atoms with Gasteiger partial charge in [0.25, 0.3) is 0 Å². The topological polar surface area (TPSA) is 63.4 Å². The van der Waals surface area contributed by atoms with Crippen LogP contribution in [0.2, 0.25) is 5.02 Å². The van der Waals surface area contributed by atoms with Gasteiger partial charge < -0.3 is 10.6 Å². The molecule has 2 aromatic rings. The van der Waals surface area contributed by atoms with E-state index in [9.17, 15) is 18.4 Å². The predicted molar refractivity (Wildman–Crippen MR) is 85.8 cm³/mol. The number of amides is 2. The first-order valence-electron chi connectivity index (χ1n) is 7.11. The Labute approximate surface area is 141 Å². The standard InChI is InChI=1S/C17H13ClF2N2O2/c1-17(9-2-4-10(19)5-3-9)14-12(7-6-11(20)15(14)18)22(16(17)24)8-13(21)23/h2-7H,8H2,1H3,(H2,21,23)/t17-/m1/s1. The molecular weight excluding hydrogens is 338 g/mol. The van der Waals surface area contributed by atoms with Gasteiger partial charge in [-0.3, -0.25) is 9.59 Å². The van der Waals surface area contributed by atoms with Gasteiger partial charge in [0.05, 0.1) is 10.7 Å². The number of hydrogen-bond acceptors (Lipinski definition) is 2. The van der Waals surface area contributed by atoms with Crippen LogP contribution in [-0.4, -0.2) is 18.4 Å². The third kappa shape index (κ3) is 2.26. The number of nitrogens with two attached hydrogens (primary N) is 1. The molecule has 4 nitrogen and oxygen atoms in total. The lowest BCUT2D eigenvalue weighted by atomic mass is 9.77. The molecule has 2 aromatic carbocycles. The van der Waals surface area contributed by atoms with Gasteiger partial charge in [-0.2, -0.15) is 0 Å². The highest BCUT2D eigenvalue weighted by Crippen LogP contribution is 2.49. The summed E-state index contributed by atoms with van der Waals surface area (Å²) in [6, 6.07) is 7.79. The molecule has 0 saturated carbocycles. The molecule has 0 bridgehead atoms. The molecule has 7 heteroatoms. The van der Waals surface area contributed by atoms with Gasteiger partial charge in [0, 0.05) is 5.56 Å². The fourth-order valence-corrected chi connectivity index (χ4v) is 3.44. The Morgan fingerprint density at radius 3 is 2.42 bits per heavy atom. The average Bonchev–Trinajstić information content (AvgIpc) is 2.74. The van der Waals surface area contributed by atoms with Crippen LogP contribution in [0.1, 0.15) is 18.1 Å². The molecule has 1 heterocycles. The number of primary amides is 1. The molecule has 0 aliphatic carbocycles. The van der Waals surface area contributed by atoms with E-state index in [1.165, 1.54) is 35.2 Å². The molecule has 3 rings (SSSR count). The van der Waals surface area contributed by atoms with Gasteiger partial charge in [-0.05, 0) is 36.8 Å². The van der Waals surface area contributed by atoms with Gasteiger partial charge in [-0.25, -0.2) is 8.78 Å². The first-order chi connectivity index (χ1) is 11.3. The number of halogens is 3. The molecule has 0 fully saturated rings. The van der Waals surface area contributed by atoms with Gasteiger partial charge in [0.15, 0.2) is 0 Å². The van der Waals surface area contributed by atoms with Crippen molar-refractivity contribution >= 4 is 29.1 Å². The summed E-state index contributed by atoms with van der Waals surface area (Å²) >= 11 is 6.13. The van der Waals surface area contributed by atoms with Crippen molar-refractivity contribution in [2.45, 2.75) is 12.3 Å². The van der Waals surface area contributed by atoms with Crippen molar-refractivity contribution < 1.29 is 18.4 Å². The molecular formula is C17H13ClF2N2O2. The van der Waals surface area contributed by atoms with Crippen LogP contribution in [-0.2, 0) is 15.0 Å². The zero-order chi connectivity index (χ0) is 17.6. The quantitative estimate of drug-likeness (QED) is 0.925. The normalized spacial score (nSPS) is 19.5. The van der Waals surface area contributed by atoms with Crippen LogP contribution in [0.5, 0.6) is 0 Å². The maximum atomic E-state index is 14.0. The number of fused-ring (bicyclic) bond motifs is 1. The molecule has 0 spiro atoms. The number of rotatable bonds is 3. The molecule has 0 radical (unpaired) electrons. The SMILES string of the molecule is C[C@]1(c2ccc(F)cc2)C(=O)N(CC(N)=O)c2ccc(F)c(Cl)c21. The van der Waals surface area contributed by atoms with Gasteiger partial charge in [-0.1, -0.05) is 23.7 Å². The van der Waals surface area contributed by atoms with E-state index in [0.29, 0.717) is 11.3 Å². The van der Waals surface area contributed by atoms with E-state index >= 15 is 0 Å². The minimum atomic E-state index is -1.35. The van der Waals surface area contributed by atoms with Crippen molar-refractivity contribution in [3.8, 4) is 0 Å². The Morgan fingerprint density at radius 1 is 1.21 bits per heavy atom. The lowest BCUT2D eigenvalue weighted by molar-refractivity contribution is -0.124. The number of hydrogen-bond donors (Lipinski definition) is 1. The zero-order valence-corrected chi connectivity index (χ0v) is 13.4. The molecule has 0 saturated heterocycles. The molecule has 0 unspecified atom stereocenters. The van der Waals surface area contributed by atoms with Gasteiger partial charge in [0.2, 0.25) is 11.8 Å². The second kappa shape index (κ2) is 5.56. The van der Waals surface area contributed by atoms with Gasteiger partial charge in [0.1, 0.15) is 23.6 Å². The second-order valence-corrected chi connectivity index (χ2v) is 6.12. The highest BCUT2D eigenvalue weighted by Gasteiger charge is 2.50. The number of anilines is 1. The molecule has 24 heavy (non-hydrogen) atoms. The second-order valence-electron chi connectivity index (χ2n) is 5.74. The lowest BCUT2D eigenvalue weighted by Crippen LogP contribution is -2.43. The number of nitrogens with zero attached hydrogens (tertiary/aromatic N) is 1. The molecule has 0 aromatic heterocycles.